The van der Waals surface area contributed by atoms with Gasteiger partial charge in [-0.3, -0.25) is 4.79 Å². The van der Waals surface area contributed by atoms with Gasteiger partial charge in [-0.05, 0) is 25.7 Å². The van der Waals surface area contributed by atoms with Crippen LogP contribution in [0.15, 0.2) is 0 Å². The van der Waals surface area contributed by atoms with Gasteiger partial charge in [-0.15, -0.1) is 0 Å². The van der Waals surface area contributed by atoms with E-state index in [9.17, 15) is 4.79 Å². The molecule has 0 aromatic carbocycles. The van der Waals surface area contributed by atoms with Gasteiger partial charge in [-0.1, -0.05) is 40.5 Å². The van der Waals surface area contributed by atoms with E-state index in [1.54, 1.807) is 0 Å². The number of carbonyl (C=O) groups is 1. The van der Waals surface area contributed by atoms with Crippen LogP contribution >= 0.6 is 0 Å². The lowest BCUT2D eigenvalue weighted by atomic mass is 9.98. The molecule has 0 fully saturated rings. The molecule has 0 aliphatic carbocycles. The number of esters is 1. The molecule has 90 valence electrons. The average molecular weight is 214 g/mol. The summed E-state index contributed by atoms with van der Waals surface area (Å²) in [5, 5.41) is 0. The molecule has 0 aliphatic rings. The van der Waals surface area contributed by atoms with Crippen LogP contribution in [-0.4, -0.2) is 12.1 Å². The van der Waals surface area contributed by atoms with Gasteiger partial charge < -0.3 is 4.74 Å². The molecule has 0 heterocycles. The highest BCUT2D eigenvalue weighted by atomic mass is 16.5. The second-order valence-corrected chi connectivity index (χ2v) is 4.66. The van der Waals surface area contributed by atoms with Crippen molar-refractivity contribution >= 4 is 5.97 Å². The van der Waals surface area contributed by atoms with Crippen molar-refractivity contribution in [3.63, 3.8) is 0 Å². The van der Waals surface area contributed by atoms with Crippen molar-refractivity contribution in [2.24, 2.45) is 11.8 Å². The predicted octanol–water partition coefficient (Wildman–Crippen LogP) is 3.79. The molecule has 2 heteroatoms. The molecule has 1 atom stereocenters. The van der Waals surface area contributed by atoms with E-state index < -0.39 is 0 Å². The van der Waals surface area contributed by atoms with E-state index >= 15 is 0 Å². The van der Waals surface area contributed by atoms with Crippen molar-refractivity contribution in [2.75, 3.05) is 0 Å². The maximum atomic E-state index is 11.8. The molecule has 1 unspecified atom stereocenters. The summed E-state index contributed by atoms with van der Waals surface area (Å²) in [6.45, 7) is 10.3. The van der Waals surface area contributed by atoms with E-state index in [-0.39, 0.29) is 18.0 Å². The molecule has 0 saturated heterocycles. The predicted molar refractivity (Wildman–Crippen MR) is 63.7 cm³/mol. The molecule has 0 rings (SSSR count). The maximum Gasteiger partial charge on any atom is 0.309 e. The lowest BCUT2D eigenvalue weighted by molar-refractivity contribution is -0.155. The monoisotopic (exact) mass is 214 g/mol. The summed E-state index contributed by atoms with van der Waals surface area (Å²) in [6, 6.07) is 0. The van der Waals surface area contributed by atoms with E-state index in [1.165, 1.54) is 0 Å². The van der Waals surface area contributed by atoms with Gasteiger partial charge in [0.05, 0.1) is 5.92 Å². The Hall–Kier alpha value is -0.530. The first-order chi connectivity index (χ1) is 7.02. The lowest BCUT2D eigenvalue weighted by Crippen LogP contribution is -2.25. The summed E-state index contributed by atoms with van der Waals surface area (Å²) in [5.74, 6) is 0.513. The summed E-state index contributed by atoms with van der Waals surface area (Å²) in [5.41, 5.74) is 0. The second kappa shape index (κ2) is 7.72. The average Bonchev–Trinajstić information content (AvgIpc) is 2.17. The minimum atomic E-state index is -0.0000926. The molecular weight excluding hydrogens is 188 g/mol. The van der Waals surface area contributed by atoms with Crippen LogP contribution in [0.25, 0.3) is 0 Å². The van der Waals surface area contributed by atoms with E-state index in [0.29, 0.717) is 5.92 Å². The van der Waals surface area contributed by atoms with Crippen LogP contribution in [0.5, 0.6) is 0 Å². The smallest absolute Gasteiger partial charge is 0.309 e. The molecule has 0 amide bonds. The Balaban J connectivity index is 4.12. The summed E-state index contributed by atoms with van der Waals surface area (Å²) in [4.78, 5) is 11.8. The molecule has 0 aromatic rings. The van der Waals surface area contributed by atoms with Crippen LogP contribution in [0.2, 0.25) is 0 Å². The summed E-state index contributed by atoms with van der Waals surface area (Å²) in [6.07, 6.45) is 4.05. The van der Waals surface area contributed by atoms with Crippen LogP contribution in [0.3, 0.4) is 0 Å². The van der Waals surface area contributed by atoms with Crippen LogP contribution in [0, 0.1) is 11.8 Å². The van der Waals surface area contributed by atoms with Crippen LogP contribution < -0.4 is 0 Å². The van der Waals surface area contributed by atoms with Gasteiger partial charge in [-0.25, -0.2) is 0 Å². The zero-order valence-corrected chi connectivity index (χ0v) is 10.9. The molecule has 0 bridgehead atoms. The van der Waals surface area contributed by atoms with Gasteiger partial charge in [-0.2, -0.15) is 0 Å². The number of hydrogen-bond acceptors (Lipinski definition) is 2. The van der Waals surface area contributed by atoms with Crippen LogP contribution in [-0.2, 0) is 9.53 Å². The van der Waals surface area contributed by atoms with Crippen molar-refractivity contribution < 1.29 is 9.53 Å². The van der Waals surface area contributed by atoms with Crippen LogP contribution in [0.4, 0.5) is 0 Å². The SMILES string of the molecule is CCCC(CCC)C(=O)OC(C)C(C)C. The van der Waals surface area contributed by atoms with Gasteiger partial charge in [0.15, 0.2) is 0 Å². The molecular formula is C13H26O2. The summed E-state index contributed by atoms with van der Waals surface area (Å²) >= 11 is 0. The number of hydrogen-bond donors (Lipinski definition) is 0. The molecule has 0 saturated carbocycles. The Labute approximate surface area is 94.4 Å². The molecule has 0 N–H and O–H groups in total. The van der Waals surface area contributed by atoms with Crippen molar-refractivity contribution in [3.05, 3.63) is 0 Å². The van der Waals surface area contributed by atoms with Crippen molar-refractivity contribution in [1.82, 2.24) is 0 Å². The standard InChI is InChI=1S/C13H26O2/c1-6-8-12(9-7-2)13(14)15-11(5)10(3)4/h10-12H,6-9H2,1-5H3. The molecule has 15 heavy (non-hydrogen) atoms. The summed E-state index contributed by atoms with van der Waals surface area (Å²) < 4.78 is 5.44. The number of rotatable bonds is 7. The van der Waals surface area contributed by atoms with Crippen molar-refractivity contribution in [1.29, 1.82) is 0 Å². The summed E-state index contributed by atoms with van der Waals surface area (Å²) in [7, 11) is 0. The topological polar surface area (TPSA) is 26.3 Å². The Morgan fingerprint density at radius 1 is 1.07 bits per heavy atom. The minimum Gasteiger partial charge on any atom is -0.462 e. The van der Waals surface area contributed by atoms with Gasteiger partial charge in [0.25, 0.3) is 0 Å². The maximum absolute atomic E-state index is 11.8. The van der Waals surface area contributed by atoms with Gasteiger partial charge in [0, 0.05) is 0 Å². The quantitative estimate of drug-likeness (QED) is 0.603. The highest BCUT2D eigenvalue weighted by Crippen LogP contribution is 2.17. The minimum absolute atomic E-state index is 0.0000926. The fraction of sp³-hybridized carbons (Fsp3) is 0.923. The van der Waals surface area contributed by atoms with Crippen molar-refractivity contribution in [2.45, 2.75) is 66.4 Å². The third-order valence-corrected chi connectivity index (χ3v) is 2.85. The van der Waals surface area contributed by atoms with Crippen LogP contribution in [0.1, 0.15) is 60.3 Å². The van der Waals surface area contributed by atoms with E-state index in [2.05, 4.69) is 27.7 Å². The fourth-order valence-corrected chi connectivity index (χ4v) is 1.49. The molecule has 2 nitrogen and oxygen atoms in total. The van der Waals surface area contributed by atoms with E-state index in [4.69, 9.17) is 4.74 Å². The third kappa shape index (κ3) is 5.81. The highest BCUT2D eigenvalue weighted by molar-refractivity contribution is 5.72. The van der Waals surface area contributed by atoms with Gasteiger partial charge in [0.2, 0.25) is 0 Å². The second-order valence-electron chi connectivity index (χ2n) is 4.66. The molecule has 0 spiro atoms. The Morgan fingerprint density at radius 3 is 1.87 bits per heavy atom. The molecule has 0 aliphatic heterocycles. The zero-order chi connectivity index (χ0) is 11.8. The van der Waals surface area contributed by atoms with Gasteiger partial charge >= 0.3 is 5.97 Å². The Morgan fingerprint density at radius 2 is 1.53 bits per heavy atom. The largest absolute Gasteiger partial charge is 0.462 e. The van der Waals surface area contributed by atoms with E-state index in [0.717, 1.165) is 25.7 Å². The normalized spacial score (nSPS) is 13.3. The Kier molecular flexibility index (Phi) is 7.45. The number of carbonyl (C=O) groups excluding carboxylic acids is 1. The highest BCUT2D eigenvalue weighted by Gasteiger charge is 2.21. The first kappa shape index (κ1) is 14.5. The number of ether oxygens (including phenoxy) is 1. The fourth-order valence-electron chi connectivity index (χ4n) is 1.49. The first-order valence-electron chi connectivity index (χ1n) is 6.23. The molecule has 0 aromatic heterocycles. The Bertz CT molecular complexity index is 169. The third-order valence-electron chi connectivity index (χ3n) is 2.85. The molecule has 0 radical (unpaired) electrons. The first-order valence-corrected chi connectivity index (χ1v) is 6.23. The van der Waals surface area contributed by atoms with Gasteiger partial charge in [0.1, 0.15) is 6.10 Å². The van der Waals surface area contributed by atoms with E-state index in [1.807, 2.05) is 6.92 Å². The lowest BCUT2D eigenvalue weighted by Gasteiger charge is -2.21. The van der Waals surface area contributed by atoms with Crippen molar-refractivity contribution in [3.8, 4) is 0 Å². The zero-order valence-electron chi connectivity index (χ0n) is 10.9.